The standard InChI is InChI=1S/C8H7ClFNS/c9-6-2-1-5(3-7(6)10)8(11)4-12/h1-4,12H,11H2/b8-4-. The molecule has 1 nitrogen and oxygen atoms in total. The molecule has 64 valence electrons. The Balaban J connectivity index is 3.13. The zero-order valence-electron chi connectivity index (χ0n) is 6.09. The average molecular weight is 204 g/mol. The molecule has 2 N–H and O–H groups in total. The van der Waals surface area contributed by atoms with Crippen LogP contribution < -0.4 is 5.73 Å². The second kappa shape index (κ2) is 3.83. The molecule has 1 rings (SSSR count). The Kier molecular flexibility index (Phi) is 3.00. The molecular formula is C8H7ClFNS. The molecule has 0 spiro atoms. The molecule has 0 radical (unpaired) electrons. The lowest BCUT2D eigenvalue weighted by Gasteiger charge is -2.00. The molecule has 1 aromatic carbocycles. The molecule has 0 aromatic heterocycles. The molecule has 12 heavy (non-hydrogen) atoms. The van der Waals surface area contributed by atoms with Crippen molar-refractivity contribution in [1.82, 2.24) is 0 Å². The summed E-state index contributed by atoms with van der Waals surface area (Å²) in [5.74, 6) is -0.479. The Hall–Kier alpha value is -0.670. The second-order valence-corrected chi connectivity index (χ2v) is 2.88. The summed E-state index contributed by atoms with van der Waals surface area (Å²) in [6.07, 6.45) is 0. The Morgan fingerprint density at radius 2 is 2.25 bits per heavy atom. The van der Waals surface area contributed by atoms with Crippen molar-refractivity contribution in [2.75, 3.05) is 0 Å². The maximum absolute atomic E-state index is 12.8. The first-order valence-corrected chi connectivity index (χ1v) is 4.10. The lowest BCUT2D eigenvalue weighted by molar-refractivity contribution is 0.628. The van der Waals surface area contributed by atoms with Crippen molar-refractivity contribution < 1.29 is 4.39 Å². The Morgan fingerprint density at radius 3 is 2.75 bits per heavy atom. The van der Waals surface area contributed by atoms with Gasteiger partial charge in [-0.1, -0.05) is 17.7 Å². The van der Waals surface area contributed by atoms with Gasteiger partial charge in [-0.25, -0.2) is 4.39 Å². The monoisotopic (exact) mass is 203 g/mol. The first-order valence-electron chi connectivity index (χ1n) is 3.20. The van der Waals surface area contributed by atoms with Gasteiger partial charge in [0.2, 0.25) is 0 Å². The molecule has 0 aliphatic rings. The third kappa shape index (κ3) is 1.93. The molecule has 1 aromatic rings. The number of benzene rings is 1. The molecule has 0 atom stereocenters. The van der Waals surface area contributed by atoms with Crippen molar-refractivity contribution in [1.29, 1.82) is 0 Å². The minimum absolute atomic E-state index is 0.0886. The largest absolute Gasteiger partial charge is 0.398 e. The molecule has 0 aliphatic heterocycles. The van der Waals surface area contributed by atoms with Crippen LogP contribution in [0.15, 0.2) is 23.6 Å². The van der Waals surface area contributed by atoms with Crippen molar-refractivity contribution in [3.8, 4) is 0 Å². The van der Waals surface area contributed by atoms with Crippen LogP contribution in [0, 0.1) is 5.82 Å². The van der Waals surface area contributed by atoms with E-state index < -0.39 is 5.82 Å². The van der Waals surface area contributed by atoms with Crippen LogP contribution in [0.3, 0.4) is 0 Å². The van der Waals surface area contributed by atoms with Gasteiger partial charge >= 0.3 is 0 Å². The van der Waals surface area contributed by atoms with Crippen LogP contribution in [-0.2, 0) is 0 Å². The average Bonchev–Trinajstić information content (AvgIpc) is 2.08. The zero-order chi connectivity index (χ0) is 9.14. The summed E-state index contributed by atoms with van der Waals surface area (Å²) in [5, 5.41) is 1.49. The van der Waals surface area contributed by atoms with Gasteiger partial charge in [0.25, 0.3) is 0 Å². The van der Waals surface area contributed by atoms with Gasteiger partial charge in [-0.3, -0.25) is 0 Å². The molecule has 0 fully saturated rings. The third-order valence-corrected chi connectivity index (χ3v) is 1.98. The van der Waals surface area contributed by atoms with Crippen molar-refractivity contribution >= 4 is 29.9 Å². The summed E-state index contributed by atoms with van der Waals surface area (Å²) >= 11 is 9.32. The Bertz CT molecular complexity index is 325. The summed E-state index contributed by atoms with van der Waals surface area (Å²) in [6, 6.07) is 4.36. The molecule has 0 bridgehead atoms. The van der Waals surface area contributed by atoms with E-state index >= 15 is 0 Å². The maximum Gasteiger partial charge on any atom is 0.142 e. The lowest BCUT2D eigenvalue weighted by atomic mass is 10.2. The van der Waals surface area contributed by atoms with E-state index in [1.54, 1.807) is 6.07 Å². The van der Waals surface area contributed by atoms with Gasteiger partial charge in [0.15, 0.2) is 0 Å². The fraction of sp³-hybridized carbons (Fsp3) is 0. The van der Waals surface area contributed by atoms with Crippen LogP contribution in [0.4, 0.5) is 4.39 Å². The number of nitrogens with two attached hydrogens (primary N) is 1. The zero-order valence-corrected chi connectivity index (χ0v) is 7.74. The van der Waals surface area contributed by atoms with E-state index in [-0.39, 0.29) is 5.02 Å². The molecule has 0 saturated carbocycles. The number of thiol groups is 1. The number of hydrogen-bond acceptors (Lipinski definition) is 2. The number of halogens is 2. The van der Waals surface area contributed by atoms with Gasteiger partial charge in [0.05, 0.1) is 5.02 Å². The van der Waals surface area contributed by atoms with Crippen LogP contribution in [-0.4, -0.2) is 0 Å². The van der Waals surface area contributed by atoms with Gasteiger partial charge in [0.1, 0.15) is 5.82 Å². The topological polar surface area (TPSA) is 26.0 Å². The smallest absolute Gasteiger partial charge is 0.142 e. The van der Waals surface area contributed by atoms with Gasteiger partial charge in [-0.05, 0) is 17.5 Å². The van der Waals surface area contributed by atoms with Gasteiger partial charge < -0.3 is 5.73 Å². The fourth-order valence-electron chi connectivity index (χ4n) is 0.750. The summed E-state index contributed by atoms with van der Waals surface area (Å²) in [5.41, 5.74) is 6.48. The highest BCUT2D eigenvalue weighted by atomic mass is 35.5. The van der Waals surface area contributed by atoms with Crippen LogP contribution in [0.2, 0.25) is 5.02 Å². The van der Waals surface area contributed by atoms with E-state index in [1.165, 1.54) is 17.5 Å². The first kappa shape index (κ1) is 9.42. The molecule has 0 amide bonds. The van der Waals surface area contributed by atoms with Crippen molar-refractivity contribution in [2.45, 2.75) is 0 Å². The Labute approximate surface area is 80.4 Å². The van der Waals surface area contributed by atoms with Crippen molar-refractivity contribution in [2.24, 2.45) is 5.73 Å². The summed E-state index contributed by atoms with van der Waals surface area (Å²) in [7, 11) is 0. The predicted molar refractivity (Wildman–Crippen MR) is 52.6 cm³/mol. The fourth-order valence-corrected chi connectivity index (χ4v) is 1.02. The summed E-state index contributed by atoms with van der Waals surface area (Å²) in [4.78, 5) is 0. The number of rotatable bonds is 1. The number of hydrogen-bond donors (Lipinski definition) is 2. The van der Waals surface area contributed by atoms with E-state index in [4.69, 9.17) is 17.3 Å². The molecule has 0 saturated heterocycles. The molecule has 0 heterocycles. The second-order valence-electron chi connectivity index (χ2n) is 2.21. The molecule has 0 unspecified atom stereocenters. The van der Waals surface area contributed by atoms with Gasteiger partial charge in [-0.2, -0.15) is 0 Å². The van der Waals surface area contributed by atoms with Crippen LogP contribution >= 0.6 is 24.2 Å². The third-order valence-electron chi connectivity index (χ3n) is 1.39. The van der Waals surface area contributed by atoms with Gasteiger partial charge in [-0.15, -0.1) is 12.6 Å². The molecular weight excluding hydrogens is 197 g/mol. The van der Waals surface area contributed by atoms with E-state index in [0.717, 1.165) is 0 Å². The SMILES string of the molecule is N/C(=C\S)c1ccc(Cl)c(F)c1. The van der Waals surface area contributed by atoms with E-state index in [1.807, 2.05) is 0 Å². The van der Waals surface area contributed by atoms with Crippen LogP contribution in [0.1, 0.15) is 5.56 Å². The quantitative estimate of drug-likeness (QED) is 0.675. The van der Waals surface area contributed by atoms with Crippen molar-refractivity contribution in [3.63, 3.8) is 0 Å². The maximum atomic E-state index is 12.8. The first-order chi connectivity index (χ1) is 5.65. The highest BCUT2D eigenvalue weighted by Crippen LogP contribution is 2.18. The summed E-state index contributed by atoms with van der Waals surface area (Å²) < 4.78 is 12.8. The van der Waals surface area contributed by atoms with Gasteiger partial charge in [0, 0.05) is 11.3 Å². The summed E-state index contributed by atoms with van der Waals surface area (Å²) in [6.45, 7) is 0. The van der Waals surface area contributed by atoms with E-state index in [2.05, 4.69) is 12.6 Å². The highest BCUT2D eigenvalue weighted by molar-refractivity contribution is 7.83. The predicted octanol–water partition coefficient (Wildman–Crippen LogP) is 2.67. The van der Waals surface area contributed by atoms with E-state index in [9.17, 15) is 4.39 Å². The van der Waals surface area contributed by atoms with Crippen molar-refractivity contribution in [3.05, 3.63) is 40.0 Å². The van der Waals surface area contributed by atoms with Crippen LogP contribution in [0.25, 0.3) is 5.70 Å². The Morgan fingerprint density at radius 1 is 1.58 bits per heavy atom. The normalized spacial score (nSPS) is 11.8. The highest BCUT2D eigenvalue weighted by Gasteiger charge is 2.01. The van der Waals surface area contributed by atoms with Crippen LogP contribution in [0.5, 0.6) is 0 Å². The molecule has 0 aliphatic carbocycles. The minimum Gasteiger partial charge on any atom is -0.398 e. The molecule has 4 heteroatoms. The van der Waals surface area contributed by atoms with E-state index in [0.29, 0.717) is 11.3 Å². The lowest BCUT2D eigenvalue weighted by Crippen LogP contribution is -1.95. The minimum atomic E-state index is -0.479.